The topological polar surface area (TPSA) is 80.4 Å². The monoisotopic (exact) mass is 221 g/mol. The van der Waals surface area contributed by atoms with Gasteiger partial charge in [0.1, 0.15) is 0 Å². The summed E-state index contributed by atoms with van der Waals surface area (Å²) in [5.74, 6) is -0.00639. The second-order valence-corrected chi connectivity index (χ2v) is 6.07. The Morgan fingerprint density at radius 2 is 1.79 bits per heavy atom. The predicted octanol–water partition coefficient (Wildman–Crippen LogP) is 0.608. The Morgan fingerprint density at radius 3 is 2.21 bits per heavy atom. The lowest BCUT2D eigenvalue weighted by atomic mass is 9.73. The second kappa shape index (κ2) is 4.59. The molecular formula is C9H19NO3S. The molecule has 3 N–H and O–H groups in total. The lowest BCUT2D eigenvalue weighted by molar-refractivity contribution is 0.0791. The summed E-state index contributed by atoms with van der Waals surface area (Å²) in [5, 5.41) is 14.3. The molecule has 1 fully saturated rings. The van der Waals surface area contributed by atoms with Crippen molar-refractivity contribution < 1.29 is 13.5 Å². The summed E-state index contributed by atoms with van der Waals surface area (Å²) < 4.78 is 21.7. The van der Waals surface area contributed by atoms with E-state index < -0.39 is 10.0 Å². The molecule has 0 unspecified atom stereocenters. The molecule has 0 spiro atoms. The molecule has 0 radical (unpaired) electrons. The van der Waals surface area contributed by atoms with E-state index in [9.17, 15) is 13.5 Å². The van der Waals surface area contributed by atoms with Gasteiger partial charge in [0.05, 0.1) is 5.75 Å². The lowest BCUT2D eigenvalue weighted by Gasteiger charge is -2.35. The van der Waals surface area contributed by atoms with Crippen LogP contribution in [0.3, 0.4) is 0 Å². The Kier molecular flexibility index (Phi) is 3.92. The van der Waals surface area contributed by atoms with Crippen molar-refractivity contribution in [2.75, 3.05) is 12.4 Å². The van der Waals surface area contributed by atoms with Crippen LogP contribution >= 0.6 is 0 Å². The third kappa shape index (κ3) is 3.55. The molecular weight excluding hydrogens is 202 g/mol. The molecule has 1 saturated carbocycles. The molecule has 0 aromatic rings. The zero-order valence-corrected chi connectivity index (χ0v) is 9.22. The predicted molar refractivity (Wildman–Crippen MR) is 55.2 cm³/mol. The van der Waals surface area contributed by atoms with Crippen LogP contribution in [0.25, 0.3) is 0 Å². The summed E-state index contributed by atoms with van der Waals surface area (Å²) in [7, 11) is -3.38. The van der Waals surface area contributed by atoms with Crippen molar-refractivity contribution in [3.05, 3.63) is 0 Å². The fourth-order valence-corrected chi connectivity index (χ4v) is 2.87. The highest BCUT2D eigenvalue weighted by Gasteiger charge is 2.31. The number of sulfonamides is 1. The molecule has 0 aliphatic heterocycles. The van der Waals surface area contributed by atoms with E-state index >= 15 is 0 Å². The Bertz CT molecular complexity index is 268. The van der Waals surface area contributed by atoms with Crippen LogP contribution in [0.5, 0.6) is 0 Å². The van der Waals surface area contributed by atoms with Crippen LogP contribution in [-0.4, -0.2) is 25.9 Å². The van der Waals surface area contributed by atoms with E-state index in [-0.39, 0.29) is 17.8 Å². The highest BCUT2D eigenvalue weighted by Crippen LogP contribution is 2.38. The summed E-state index contributed by atoms with van der Waals surface area (Å²) in [6.45, 7) is 0.0858. The zero-order chi connectivity index (χ0) is 10.7. The molecule has 84 valence electrons. The average molecular weight is 221 g/mol. The minimum Gasteiger partial charge on any atom is -0.396 e. The van der Waals surface area contributed by atoms with Gasteiger partial charge < -0.3 is 5.11 Å². The van der Waals surface area contributed by atoms with Gasteiger partial charge in [0.2, 0.25) is 10.0 Å². The Morgan fingerprint density at radius 1 is 1.21 bits per heavy atom. The quantitative estimate of drug-likeness (QED) is 0.729. The molecule has 0 amide bonds. The van der Waals surface area contributed by atoms with Crippen LogP contribution in [0, 0.1) is 5.41 Å². The molecule has 0 atom stereocenters. The molecule has 0 aromatic heterocycles. The maximum Gasteiger partial charge on any atom is 0.209 e. The number of hydrogen-bond acceptors (Lipinski definition) is 3. The molecule has 1 aliphatic carbocycles. The van der Waals surface area contributed by atoms with Gasteiger partial charge in [-0.15, -0.1) is 0 Å². The van der Waals surface area contributed by atoms with Gasteiger partial charge in [-0.25, -0.2) is 13.6 Å². The Hall–Kier alpha value is -0.130. The van der Waals surface area contributed by atoms with Crippen LogP contribution in [-0.2, 0) is 10.0 Å². The third-order valence-corrected chi connectivity index (χ3v) is 3.94. The maximum absolute atomic E-state index is 10.8. The molecule has 1 aliphatic rings. The van der Waals surface area contributed by atoms with Crippen LogP contribution in [0.2, 0.25) is 0 Å². The standard InChI is InChI=1S/C9H19NO3S/c10-14(12,13)7-6-9(8-11)4-2-1-3-5-9/h11H,1-8H2,(H2,10,12,13). The van der Waals surface area contributed by atoms with Crippen molar-refractivity contribution in [3.8, 4) is 0 Å². The van der Waals surface area contributed by atoms with Crippen LogP contribution in [0.15, 0.2) is 0 Å². The number of nitrogens with two attached hydrogens (primary N) is 1. The first-order valence-corrected chi connectivity index (χ1v) is 6.80. The molecule has 1 rings (SSSR count). The van der Waals surface area contributed by atoms with Gasteiger partial charge in [0.15, 0.2) is 0 Å². The van der Waals surface area contributed by atoms with E-state index in [1.54, 1.807) is 0 Å². The first-order valence-electron chi connectivity index (χ1n) is 5.09. The molecule has 0 aromatic carbocycles. The van der Waals surface area contributed by atoms with Crippen LogP contribution in [0.4, 0.5) is 0 Å². The van der Waals surface area contributed by atoms with E-state index in [4.69, 9.17) is 5.14 Å². The number of primary sulfonamides is 1. The van der Waals surface area contributed by atoms with Crippen molar-refractivity contribution in [3.63, 3.8) is 0 Å². The van der Waals surface area contributed by atoms with Gasteiger partial charge >= 0.3 is 0 Å². The highest BCUT2D eigenvalue weighted by molar-refractivity contribution is 7.89. The molecule has 0 heterocycles. The van der Waals surface area contributed by atoms with Gasteiger partial charge in [-0.05, 0) is 24.7 Å². The van der Waals surface area contributed by atoms with Crippen LogP contribution in [0.1, 0.15) is 38.5 Å². The van der Waals surface area contributed by atoms with E-state index in [0.29, 0.717) is 6.42 Å². The third-order valence-electron chi connectivity index (χ3n) is 3.17. The van der Waals surface area contributed by atoms with Gasteiger partial charge in [-0.2, -0.15) is 0 Å². The normalized spacial score (nSPS) is 22.1. The summed E-state index contributed by atoms with van der Waals surface area (Å²) in [4.78, 5) is 0. The van der Waals surface area contributed by atoms with E-state index in [2.05, 4.69) is 0 Å². The molecule has 0 saturated heterocycles. The van der Waals surface area contributed by atoms with Gasteiger partial charge in [0.25, 0.3) is 0 Å². The summed E-state index contributed by atoms with van der Waals surface area (Å²) in [5.41, 5.74) is -0.176. The fourth-order valence-electron chi connectivity index (χ4n) is 2.15. The number of aliphatic hydroxyl groups excluding tert-OH is 1. The second-order valence-electron chi connectivity index (χ2n) is 4.34. The summed E-state index contributed by atoms with van der Waals surface area (Å²) in [6, 6.07) is 0. The minimum absolute atomic E-state index is 0.00639. The van der Waals surface area contributed by atoms with Crippen molar-refractivity contribution >= 4 is 10.0 Å². The van der Waals surface area contributed by atoms with E-state index in [1.807, 2.05) is 0 Å². The number of rotatable bonds is 4. The lowest BCUT2D eigenvalue weighted by Crippen LogP contribution is -2.32. The molecule has 4 nitrogen and oxygen atoms in total. The first kappa shape index (κ1) is 11.9. The summed E-state index contributed by atoms with van der Waals surface area (Å²) in [6.07, 6.45) is 5.73. The van der Waals surface area contributed by atoms with Crippen molar-refractivity contribution in [2.24, 2.45) is 10.6 Å². The first-order chi connectivity index (χ1) is 6.47. The average Bonchev–Trinajstić information content (AvgIpc) is 2.15. The SMILES string of the molecule is NS(=O)(=O)CCC1(CO)CCCCC1. The van der Waals surface area contributed by atoms with E-state index in [1.165, 1.54) is 6.42 Å². The molecule has 0 bridgehead atoms. The van der Waals surface area contributed by atoms with Crippen molar-refractivity contribution in [1.29, 1.82) is 0 Å². The fraction of sp³-hybridized carbons (Fsp3) is 1.00. The van der Waals surface area contributed by atoms with Crippen LogP contribution < -0.4 is 5.14 Å². The van der Waals surface area contributed by atoms with Gasteiger partial charge in [0, 0.05) is 6.61 Å². The smallest absolute Gasteiger partial charge is 0.209 e. The number of hydrogen-bond donors (Lipinski definition) is 2. The van der Waals surface area contributed by atoms with Gasteiger partial charge in [-0.1, -0.05) is 19.3 Å². The van der Waals surface area contributed by atoms with Gasteiger partial charge in [-0.3, -0.25) is 0 Å². The maximum atomic E-state index is 10.8. The molecule has 14 heavy (non-hydrogen) atoms. The van der Waals surface area contributed by atoms with Crippen molar-refractivity contribution in [1.82, 2.24) is 0 Å². The molecule has 5 heteroatoms. The zero-order valence-electron chi connectivity index (χ0n) is 8.41. The highest BCUT2D eigenvalue weighted by atomic mass is 32.2. The summed E-state index contributed by atoms with van der Waals surface area (Å²) >= 11 is 0. The number of aliphatic hydroxyl groups is 1. The Balaban J connectivity index is 2.52. The largest absolute Gasteiger partial charge is 0.396 e. The van der Waals surface area contributed by atoms with Crippen molar-refractivity contribution in [2.45, 2.75) is 38.5 Å². The van der Waals surface area contributed by atoms with E-state index in [0.717, 1.165) is 25.7 Å². The minimum atomic E-state index is -3.38. The Labute approximate surface area is 85.5 Å².